The van der Waals surface area contributed by atoms with Crippen LogP contribution in [-0.2, 0) is 6.42 Å². The molecule has 3 aromatic rings. The van der Waals surface area contributed by atoms with E-state index in [0.717, 1.165) is 18.2 Å². The van der Waals surface area contributed by atoms with Gasteiger partial charge in [0.2, 0.25) is 0 Å². The molecule has 4 nitrogen and oxygen atoms in total. The fraction of sp³-hybridized carbons (Fsp3) is 0.200. The number of aromatic nitrogens is 2. The van der Waals surface area contributed by atoms with Crippen LogP contribution in [0.25, 0.3) is 0 Å². The Morgan fingerprint density at radius 2 is 1.78 bits per heavy atom. The number of H-pyrrole nitrogens is 1. The second-order valence-electron chi connectivity index (χ2n) is 5.86. The molecular formula is C20H18F2N2O2S. The van der Waals surface area contributed by atoms with Crippen molar-refractivity contribution in [1.82, 2.24) is 9.97 Å². The molecule has 2 aromatic carbocycles. The first-order chi connectivity index (χ1) is 13.1. The van der Waals surface area contributed by atoms with Gasteiger partial charge in [0, 0.05) is 24.3 Å². The maximum absolute atomic E-state index is 13.3. The van der Waals surface area contributed by atoms with Crippen molar-refractivity contribution in [3.63, 3.8) is 0 Å². The molecule has 0 saturated heterocycles. The Morgan fingerprint density at radius 1 is 1.04 bits per heavy atom. The molecule has 0 bridgehead atoms. The number of ether oxygens (including phenoxy) is 1. The number of hydrogen-bond donors (Lipinski definition) is 1. The van der Waals surface area contributed by atoms with E-state index in [1.165, 1.54) is 30.0 Å². The van der Waals surface area contributed by atoms with E-state index in [4.69, 9.17) is 4.74 Å². The summed E-state index contributed by atoms with van der Waals surface area (Å²) in [5, 5.41) is 0.481. The molecule has 0 radical (unpaired) electrons. The standard InChI is InChI=1S/C20H18F2N2O2S/c21-15-9-14(10-16(22)12-15)11-17-13-19(25)24-20(23-17)27-8-4-7-26-18-5-2-1-3-6-18/h1-3,5-6,9-10,12-13H,4,7-8,11H2,(H,23,24,25). The highest BCUT2D eigenvalue weighted by Gasteiger charge is 2.06. The van der Waals surface area contributed by atoms with Crippen molar-refractivity contribution in [2.45, 2.75) is 18.0 Å². The van der Waals surface area contributed by atoms with E-state index in [1.54, 1.807) is 0 Å². The van der Waals surface area contributed by atoms with E-state index in [1.807, 2.05) is 30.3 Å². The maximum atomic E-state index is 13.3. The molecule has 0 saturated carbocycles. The van der Waals surface area contributed by atoms with Crippen LogP contribution in [0.2, 0.25) is 0 Å². The summed E-state index contributed by atoms with van der Waals surface area (Å²) >= 11 is 1.41. The van der Waals surface area contributed by atoms with Crippen molar-refractivity contribution in [1.29, 1.82) is 0 Å². The van der Waals surface area contributed by atoms with Crippen LogP contribution in [0.15, 0.2) is 64.5 Å². The second kappa shape index (κ2) is 9.32. The average Bonchev–Trinajstić information content (AvgIpc) is 2.61. The Bertz CT molecular complexity index is 928. The van der Waals surface area contributed by atoms with Gasteiger partial charge in [-0.3, -0.25) is 4.79 Å². The smallest absolute Gasteiger partial charge is 0.251 e. The first kappa shape index (κ1) is 19.1. The van der Waals surface area contributed by atoms with Crippen molar-refractivity contribution >= 4 is 11.8 Å². The van der Waals surface area contributed by atoms with Gasteiger partial charge in [0.05, 0.1) is 12.3 Å². The molecule has 0 fully saturated rings. The first-order valence-corrected chi connectivity index (χ1v) is 9.43. The van der Waals surface area contributed by atoms with Crippen molar-refractivity contribution in [2.24, 2.45) is 0 Å². The molecule has 3 rings (SSSR count). The van der Waals surface area contributed by atoms with Gasteiger partial charge in [-0.05, 0) is 36.2 Å². The Balaban J connectivity index is 1.54. The molecule has 0 aliphatic carbocycles. The molecule has 1 heterocycles. The Morgan fingerprint density at radius 3 is 2.52 bits per heavy atom. The molecule has 0 aliphatic heterocycles. The molecule has 0 aliphatic rings. The minimum atomic E-state index is -0.650. The predicted octanol–water partition coefficient (Wildman–Crippen LogP) is 4.20. The Labute approximate surface area is 159 Å². The third kappa shape index (κ3) is 6.21. The predicted molar refractivity (Wildman–Crippen MR) is 101 cm³/mol. The van der Waals surface area contributed by atoms with Crippen molar-refractivity contribution < 1.29 is 13.5 Å². The van der Waals surface area contributed by atoms with Crippen LogP contribution in [0.3, 0.4) is 0 Å². The van der Waals surface area contributed by atoms with E-state index in [0.29, 0.717) is 28.8 Å². The van der Waals surface area contributed by atoms with E-state index in [2.05, 4.69) is 9.97 Å². The summed E-state index contributed by atoms with van der Waals surface area (Å²) in [6.45, 7) is 0.559. The molecule has 27 heavy (non-hydrogen) atoms. The minimum absolute atomic E-state index is 0.184. The summed E-state index contributed by atoms with van der Waals surface area (Å²) in [4.78, 5) is 18.9. The number of nitrogens with zero attached hydrogens (tertiary/aromatic N) is 1. The Hall–Kier alpha value is -2.67. The molecule has 0 spiro atoms. The zero-order valence-corrected chi connectivity index (χ0v) is 15.3. The molecule has 1 N–H and O–H groups in total. The Kier molecular flexibility index (Phi) is 6.59. The number of para-hydroxylation sites is 1. The van der Waals surface area contributed by atoms with Crippen LogP contribution in [0.4, 0.5) is 8.78 Å². The van der Waals surface area contributed by atoms with Crippen LogP contribution in [0.5, 0.6) is 5.75 Å². The number of thioether (sulfide) groups is 1. The fourth-order valence-corrected chi connectivity index (χ4v) is 3.31. The molecule has 1 aromatic heterocycles. The lowest BCUT2D eigenvalue weighted by atomic mass is 10.1. The number of nitrogens with one attached hydrogen (secondary N) is 1. The maximum Gasteiger partial charge on any atom is 0.251 e. The van der Waals surface area contributed by atoms with Gasteiger partial charge in [0.1, 0.15) is 17.4 Å². The van der Waals surface area contributed by atoms with Crippen molar-refractivity contribution in [3.05, 3.63) is 87.8 Å². The molecule has 0 unspecified atom stereocenters. The van der Waals surface area contributed by atoms with Gasteiger partial charge in [-0.15, -0.1) is 0 Å². The van der Waals surface area contributed by atoms with E-state index >= 15 is 0 Å². The number of halogens is 2. The third-order valence-corrected chi connectivity index (χ3v) is 4.58. The normalized spacial score (nSPS) is 10.7. The van der Waals surface area contributed by atoms with E-state index < -0.39 is 11.6 Å². The lowest BCUT2D eigenvalue weighted by Crippen LogP contribution is -2.11. The number of rotatable bonds is 8. The quantitative estimate of drug-likeness (QED) is 0.357. The summed E-state index contributed by atoms with van der Waals surface area (Å²) in [5.74, 6) is 0.234. The van der Waals surface area contributed by atoms with Crippen LogP contribution >= 0.6 is 11.8 Å². The van der Waals surface area contributed by atoms with Gasteiger partial charge < -0.3 is 9.72 Å². The van der Waals surface area contributed by atoms with Gasteiger partial charge in [-0.2, -0.15) is 0 Å². The summed E-state index contributed by atoms with van der Waals surface area (Å²) in [6.07, 6.45) is 0.964. The number of aromatic amines is 1. The SMILES string of the molecule is O=c1cc(Cc2cc(F)cc(F)c2)nc(SCCCOc2ccccc2)[nH]1. The monoisotopic (exact) mass is 388 g/mol. The second-order valence-corrected chi connectivity index (χ2v) is 6.94. The average molecular weight is 388 g/mol. The third-order valence-electron chi connectivity index (χ3n) is 3.62. The van der Waals surface area contributed by atoms with Crippen LogP contribution in [-0.4, -0.2) is 22.3 Å². The zero-order valence-electron chi connectivity index (χ0n) is 14.5. The largest absolute Gasteiger partial charge is 0.494 e. The lowest BCUT2D eigenvalue weighted by Gasteiger charge is -2.07. The van der Waals surface area contributed by atoms with E-state index in [9.17, 15) is 13.6 Å². The topological polar surface area (TPSA) is 55.0 Å². The highest BCUT2D eigenvalue weighted by Crippen LogP contribution is 2.16. The molecule has 7 heteroatoms. The molecule has 140 valence electrons. The summed E-state index contributed by atoms with van der Waals surface area (Å²) < 4.78 is 32.2. The minimum Gasteiger partial charge on any atom is -0.494 e. The van der Waals surface area contributed by atoms with Crippen LogP contribution < -0.4 is 10.3 Å². The number of benzene rings is 2. The van der Waals surface area contributed by atoms with Gasteiger partial charge in [0.15, 0.2) is 5.16 Å². The fourth-order valence-electron chi connectivity index (χ4n) is 2.50. The van der Waals surface area contributed by atoms with Crippen LogP contribution in [0, 0.1) is 11.6 Å². The number of hydrogen-bond acceptors (Lipinski definition) is 4. The zero-order chi connectivity index (χ0) is 19.1. The van der Waals surface area contributed by atoms with Gasteiger partial charge >= 0.3 is 0 Å². The van der Waals surface area contributed by atoms with Crippen molar-refractivity contribution in [2.75, 3.05) is 12.4 Å². The molecular weight excluding hydrogens is 370 g/mol. The first-order valence-electron chi connectivity index (χ1n) is 8.44. The van der Waals surface area contributed by atoms with Crippen molar-refractivity contribution in [3.8, 4) is 5.75 Å². The van der Waals surface area contributed by atoms with E-state index in [-0.39, 0.29) is 12.0 Å². The van der Waals surface area contributed by atoms with Crippen LogP contribution in [0.1, 0.15) is 17.7 Å². The van der Waals surface area contributed by atoms with Gasteiger partial charge in [-0.25, -0.2) is 13.8 Å². The summed E-state index contributed by atoms with van der Waals surface area (Å²) in [7, 11) is 0. The van der Waals surface area contributed by atoms with Gasteiger partial charge in [0.25, 0.3) is 5.56 Å². The highest BCUT2D eigenvalue weighted by atomic mass is 32.2. The highest BCUT2D eigenvalue weighted by molar-refractivity contribution is 7.99. The summed E-state index contributed by atoms with van der Waals surface area (Å²) in [6, 6.07) is 14.2. The molecule has 0 atom stereocenters. The van der Waals surface area contributed by atoms with Gasteiger partial charge in [-0.1, -0.05) is 30.0 Å². The summed E-state index contributed by atoms with van der Waals surface area (Å²) in [5.41, 5.74) is 0.601. The lowest BCUT2D eigenvalue weighted by molar-refractivity contribution is 0.318. The molecule has 0 amide bonds.